The number of para-hydroxylation sites is 1. The Hall–Kier alpha value is -1.57. The second-order valence-corrected chi connectivity index (χ2v) is 6.37. The van der Waals surface area contributed by atoms with E-state index in [-0.39, 0.29) is 24.0 Å². The largest absolute Gasteiger partial charge is 0.370 e. The molecule has 1 heterocycles. The molecule has 1 aromatic carbocycles. The van der Waals surface area contributed by atoms with Crippen LogP contribution in [0.5, 0.6) is 0 Å². The lowest BCUT2D eigenvalue weighted by atomic mass is 10.0. The van der Waals surface area contributed by atoms with Crippen molar-refractivity contribution in [1.29, 1.82) is 0 Å². The number of rotatable bonds is 7. The van der Waals surface area contributed by atoms with Crippen molar-refractivity contribution in [1.82, 2.24) is 9.55 Å². The highest BCUT2D eigenvalue weighted by molar-refractivity contribution is 14.0. The van der Waals surface area contributed by atoms with Gasteiger partial charge in [0.15, 0.2) is 5.96 Å². The minimum Gasteiger partial charge on any atom is -0.370 e. The summed E-state index contributed by atoms with van der Waals surface area (Å²) in [7, 11) is 0. The van der Waals surface area contributed by atoms with Gasteiger partial charge in [0, 0.05) is 24.6 Å². The molecule has 2 aromatic rings. The zero-order valence-electron chi connectivity index (χ0n) is 15.6. The molecule has 0 unspecified atom stereocenters. The Labute approximate surface area is 168 Å². The molecule has 0 spiro atoms. The lowest BCUT2D eigenvalue weighted by molar-refractivity contribution is 0.507. The molecule has 0 fully saturated rings. The fourth-order valence-corrected chi connectivity index (χ4v) is 2.78. The van der Waals surface area contributed by atoms with Gasteiger partial charge < -0.3 is 15.6 Å². The third-order valence-corrected chi connectivity index (χ3v) is 4.01. The molecule has 0 saturated carbocycles. The third kappa shape index (κ3) is 6.02. The molecule has 0 radical (unpaired) electrons. The first-order valence-electron chi connectivity index (χ1n) is 8.72. The lowest BCUT2D eigenvalue weighted by Gasteiger charge is -2.15. The summed E-state index contributed by atoms with van der Waals surface area (Å²) in [6, 6.07) is 6.35. The van der Waals surface area contributed by atoms with Crippen molar-refractivity contribution in [2.24, 2.45) is 16.6 Å². The van der Waals surface area contributed by atoms with Gasteiger partial charge in [-0.1, -0.05) is 45.9 Å². The molecule has 0 aliphatic heterocycles. The number of benzene rings is 1. The fourth-order valence-electron chi connectivity index (χ4n) is 2.78. The van der Waals surface area contributed by atoms with Crippen molar-refractivity contribution < 1.29 is 0 Å². The van der Waals surface area contributed by atoms with Gasteiger partial charge in [0.05, 0.1) is 0 Å². The van der Waals surface area contributed by atoms with Crippen LogP contribution in [-0.2, 0) is 25.9 Å². The molecule has 0 aliphatic rings. The Bertz CT molecular complexity index is 669. The van der Waals surface area contributed by atoms with E-state index in [9.17, 15) is 0 Å². The second kappa shape index (κ2) is 10.4. The minimum atomic E-state index is 0. The van der Waals surface area contributed by atoms with Gasteiger partial charge in [-0.05, 0) is 29.9 Å². The summed E-state index contributed by atoms with van der Waals surface area (Å²) in [5.74, 6) is 1.94. The zero-order chi connectivity index (χ0) is 17.5. The summed E-state index contributed by atoms with van der Waals surface area (Å²) in [5, 5.41) is 3.29. The molecule has 0 bridgehead atoms. The molecule has 25 heavy (non-hydrogen) atoms. The number of nitrogens with one attached hydrogen (secondary N) is 1. The number of hydrogen-bond donors (Lipinski definition) is 2. The number of nitrogens with zero attached hydrogens (tertiary/aromatic N) is 3. The average molecular weight is 455 g/mol. The van der Waals surface area contributed by atoms with E-state index < -0.39 is 0 Å². The van der Waals surface area contributed by atoms with Gasteiger partial charge in [0.1, 0.15) is 12.4 Å². The van der Waals surface area contributed by atoms with Crippen molar-refractivity contribution in [3.8, 4) is 0 Å². The fraction of sp³-hybridized carbons (Fsp3) is 0.474. The highest BCUT2D eigenvalue weighted by atomic mass is 127. The maximum Gasteiger partial charge on any atom is 0.193 e. The van der Waals surface area contributed by atoms with E-state index in [2.05, 4.69) is 65.8 Å². The summed E-state index contributed by atoms with van der Waals surface area (Å²) in [6.45, 7) is 10.1. The van der Waals surface area contributed by atoms with Crippen LogP contribution in [0.4, 0.5) is 5.69 Å². The first-order valence-corrected chi connectivity index (χ1v) is 8.72. The molecule has 138 valence electrons. The molecule has 0 atom stereocenters. The maximum absolute atomic E-state index is 6.12. The van der Waals surface area contributed by atoms with Crippen LogP contribution in [0.2, 0.25) is 0 Å². The molecule has 0 amide bonds. The molecule has 6 heteroatoms. The van der Waals surface area contributed by atoms with E-state index in [4.69, 9.17) is 5.73 Å². The lowest BCUT2D eigenvalue weighted by Crippen LogP contribution is -2.24. The predicted octanol–water partition coefficient (Wildman–Crippen LogP) is 4.21. The normalized spacial score (nSPS) is 11.5. The summed E-state index contributed by atoms with van der Waals surface area (Å²) in [5.41, 5.74) is 9.73. The Morgan fingerprint density at radius 3 is 2.44 bits per heavy atom. The van der Waals surface area contributed by atoms with Crippen molar-refractivity contribution in [2.75, 3.05) is 5.32 Å². The van der Waals surface area contributed by atoms with E-state index in [0.717, 1.165) is 30.9 Å². The van der Waals surface area contributed by atoms with Gasteiger partial charge in [-0.3, -0.25) is 0 Å². The monoisotopic (exact) mass is 455 g/mol. The standard InChI is InChI=1S/C19H29N5.HI/c1-5-15-8-7-9-16(6-2)18(15)23-19(20)22-12-17-21-10-11-24(17)13-14(3)4;/h7-11,14H,5-6,12-13H2,1-4H3,(H3,20,22,23);1H. The van der Waals surface area contributed by atoms with Crippen molar-refractivity contribution in [3.05, 3.63) is 47.5 Å². The number of aliphatic imine (C=N–C) groups is 1. The van der Waals surface area contributed by atoms with Gasteiger partial charge in [0.2, 0.25) is 0 Å². The Kier molecular flexibility index (Phi) is 8.96. The number of imidazole rings is 1. The molecule has 3 N–H and O–H groups in total. The SMILES string of the molecule is CCc1cccc(CC)c1NC(N)=NCc1nccn1CC(C)C.I. The Balaban J connectivity index is 0.00000312. The van der Waals surface area contributed by atoms with Gasteiger partial charge in [-0.25, -0.2) is 9.98 Å². The smallest absolute Gasteiger partial charge is 0.193 e. The van der Waals surface area contributed by atoms with E-state index in [1.807, 2.05) is 12.4 Å². The molecular formula is C19H30IN5. The molecule has 5 nitrogen and oxygen atoms in total. The minimum absolute atomic E-state index is 0. The van der Waals surface area contributed by atoms with E-state index in [1.165, 1.54) is 11.1 Å². The van der Waals surface area contributed by atoms with E-state index in [0.29, 0.717) is 18.4 Å². The van der Waals surface area contributed by atoms with Crippen LogP contribution in [0.3, 0.4) is 0 Å². The van der Waals surface area contributed by atoms with Gasteiger partial charge >= 0.3 is 0 Å². The summed E-state index contributed by atoms with van der Waals surface area (Å²) in [4.78, 5) is 8.87. The van der Waals surface area contributed by atoms with Crippen LogP contribution in [-0.4, -0.2) is 15.5 Å². The first-order chi connectivity index (χ1) is 11.5. The van der Waals surface area contributed by atoms with Crippen LogP contribution in [0.1, 0.15) is 44.6 Å². The molecule has 0 saturated heterocycles. The van der Waals surface area contributed by atoms with Crippen molar-refractivity contribution >= 4 is 35.6 Å². The quantitative estimate of drug-likeness (QED) is 0.374. The number of nitrogens with two attached hydrogens (primary N) is 1. The summed E-state index contributed by atoms with van der Waals surface area (Å²) >= 11 is 0. The summed E-state index contributed by atoms with van der Waals surface area (Å²) < 4.78 is 2.14. The maximum atomic E-state index is 6.12. The van der Waals surface area contributed by atoms with E-state index >= 15 is 0 Å². The van der Waals surface area contributed by atoms with Crippen molar-refractivity contribution in [2.45, 2.75) is 53.6 Å². The second-order valence-electron chi connectivity index (χ2n) is 6.37. The molecular weight excluding hydrogens is 425 g/mol. The van der Waals surface area contributed by atoms with Crippen LogP contribution >= 0.6 is 24.0 Å². The number of aromatic nitrogens is 2. The number of aryl methyl sites for hydroxylation is 2. The van der Waals surface area contributed by atoms with Crippen molar-refractivity contribution in [3.63, 3.8) is 0 Å². The number of anilines is 1. The van der Waals surface area contributed by atoms with Gasteiger partial charge in [0.25, 0.3) is 0 Å². The number of hydrogen-bond acceptors (Lipinski definition) is 2. The number of halogens is 1. The van der Waals surface area contributed by atoms with Gasteiger partial charge in [-0.15, -0.1) is 24.0 Å². The highest BCUT2D eigenvalue weighted by Crippen LogP contribution is 2.22. The molecule has 0 aliphatic carbocycles. The molecule has 2 rings (SSSR count). The highest BCUT2D eigenvalue weighted by Gasteiger charge is 2.08. The van der Waals surface area contributed by atoms with Gasteiger partial charge in [-0.2, -0.15) is 0 Å². The first kappa shape index (κ1) is 21.5. The zero-order valence-corrected chi connectivity index (χ0v) is 18.0. The van der Waals surface area contributed by atoms with Crippen LogP contribution < -0.4 is 11.1 Å². The Morgan fingerprint density at radius 1 is 1.24 bits per heavy atom. The number of guanidine groups is 1. The predicted molar refractivity (Wildman–Crippen MR) is 117 cm³/mol. The molecule has 1 aromatic heterocycles. The Morgan fingerprint density at radius 2 is 1.88 bits per heavy atom. The topological polar surface area (TPSA) is 68.2 Å². The third-order valence-electron chi connectivity index (χ3n) is 4.01. The summed E-state index contributed by atoms with van der Waals surface area (Å²) in [6.07, 6.45) is 5.74. The average Bonchev–Trinajstić information content (AvgIpc) is 2.99. The van der Waals surface area contributed by atoms with E-state index in [1.54, 1.807) is 0 Å². The van der Waals surface area contributed by atoms with Crippen LogP contribution in [0, 0.1) is 5.92 Å². The van der Waals surface area contributed by atoms with Crippen LogP contribution in [0.25, 0.3) is 0 Å². The van der Waals surface area contributed by atoms with Crippen LogP contribution in [0.15, 0.2) is 35.6 Å².